The van der Waals surface area contributed by atoms with Gasteiger partial charge in [0, 0.05) is 29.7 Å². The molecule has 1 heterocycles. The van der Waals surface area contributed by atoms with Gasteiger partial charge in [-0.2, -0.15) is 0 Å². The van der Waals surface area contributed by atoms with Gasteiger partial charge in [-0.1, -0.05) is 33.1 Å². The van der Waals surface area contributed by atoms with Crippen molar-refractivity contribution >= 4 is 17.7 Å². The lowest BCUT2D eigenvalue weighted by molar-refractivity contribution is 0.0595. The van der Waals surface area contributed by atoms with E-state index in [4.69, 9.17) is 18.9 Å². The van der Waals surface area contributed by atoms with E-state index in [0.29, 0.717) is 30.6 Å². The number of phenols is 1. The molecule has 0 aromatic heterocycles. The Balaban J connectivity index is 2.22. The van der Waals surface area contributed by atoms with E-state index in [2.05, 4.69) is 0 Å². The molecular weight excluding hydrogens is 440 g/mol. The number of rotatable bonds is 10. The quantitative estimate of drug-likeness (QED) is 0.206. The summed E-state index contributed by atoms with van der Waals surface area (Å²) in [5, 5.41) is 10.6. The van der Waals surface area contributed by atoms with Crippen molar-refractivity contribution < 1.29 is 38.4 Å². The molecule has 0 saturated heterocycles. The van der Waals surface area contributed by atoms with E-state index < -0.39 is 11.9 Å². The number of fused-ring (bicyclic) bond motifs is 2. The minimum atomic E-state index is -0.791. The predicted molar refractivity (Wildman–Crippen MR) is 125 cm³/mol. The molecule has 1 N–H and O–H groups in total. The van der Waals surface area contributed by atoms with E-state index in [1.807, 2.05) is 13.8 Å². The first kappa shape index (κ1) is 25.1. The van der Waals surface area contributed by atoms with Crippen LogP contribution in [0.5, 0.6) is 28.7 Å². The molecule has 34 heavy (non-hydrogen) atoms. The summed E-state index contributed by atoms with van der Waals surface area (Å²) in [5.41, 5.74) is 0.457. The number of ether oxygens (including phenoxy) is 4. The molecule has 1 aliphatic heterocycles. The van der Waals surface area contributed by atoms with E-state index in [0.717, 1.165) is 25.3 Å². The molecule has 2 aromatic carbocycles. The van der Waals surface area contributed by atoms with Gasteiger partial charge in [0.05, 0.1) is 14.2 Å². The van der Waals surface area contributed by atoms with Crippen molar-refractivity contribution in [1.29, 1.82) is 0 Å². The molecule has 0 atom stereocenters. The SMILES string of the molecule is CCCCCc1c2c(cc(O)c1C(=O)OC)OC(=O)c1c(cc(OC)cc1C(=O)CCCC)O2. The Labute approximate surface area is 198 Å². The third kappa shape index (κ3) is 5.00. The lowest BCUT2D eigenvalue weighted by Crippen LogP contribution is -2.14. The van der Waals surface area contributed by atoms with Crippen molar-refractivity contribution in [2.75, 3.05) is 14.2 Å². The van der Waals surface area contributed by atoms with Gasteiger partial charge in [-0.15, -0.1) is 0 Å². The van der Waals surface area contributed by atoms with E-state index in [9.17, 15) is 19.5 Å². The molecule has 1 aliphatic rings. The highest BCUT2D eigenvalue weighted by molar-refractivity contribution is 6.09. The molecular formula is C26H30O8. The highest BCUT2D eigenvalue weighted by Crippen LogP contribution is 2.47. The van der Waals surface area contributed by atoms with Gasteiger partial charge in [-0.25, -0.2) is 9.59 Å². The number of methoxy groups -OCH3 is 2. The number of ketones is 1. The van der Waals surface area contributed by atoms with Crippen LogP contribution in [0.15, 0.2) is 18.2 Å². The maximum absolute atomic E-state index is 13.2. The number of phenolic OH excluding ortho intramolecular Hbond substituents is 1. The summed E-state index contributed by atoms with van der Waals surface area (Å²) in [6.45, 7) is 4.01. The summed E-state index contributed by atoms with van der Waals surface area (Å²) in [5.74, 6) is -1.62. The van der Waals surface area contributed by atoms with Gasteiger partial charge in [0.1, 0.15) is 28.4 Å². The molecule has 3 rings (SSSR count). The van der Waals surface area contributed by atoms with Gasteiger partial charge >= 0.3 is 11.9 Å². The molecule has 0 spiro atoms. The fourth-order valence-electron chi connectivity index (χ4n) is 3.94. The van der Waals surface area contributed by atoms with Gasteiger partial charge in [0.15, 0.2) is 17.3 Å². The predicted octanol–water partition coefficient (Wildman–Crippen LogP) is 5.62. The van der Waals surface area contributed by atoms with Gasteiger partial charge in [0.2, 0.25) is 0 Å². The number of benzene rings is 2. The van der Waals surface area contributed by atoms with Crippen molar-refractivity contribution in [3.05, 3.63) is 40.5 Å². The summed E-state index contributed by atoms with van der Waals surface area (Å²) in [6, 6.07) is 4.16. The monoisotopic (exact) mass is 470 g/mol. The van der Waals surface area contributed by atoms with Crippen molar-refractivity contribution in [2.45, 2.75) is 58.8 Å². The van der Waals surface area contributed by atoms with Gasteiger partial charge in [0.25, 0.3) is 0 Å². The second-order valence-corrected chi connectivity index (χ2v) is 8.09. The van der Waals surface area contributed by atoms with E-state index in [-0.39, 0.29) is 51.9 Å². The van der Waals surface area contributed by atoms with Crippen molar-refractivity contribution in [3.8, 4) is 28.7 Å². The Morgan fingerprint density at radius 1 is 0.971 bits per heavy atom. The first-order valence-corrected chi connectivity index (χ1v) is 11.5. The van der Waals surface area contributed by atoms with Crippen LogP contribution >= 0.6 is 0 Å². The van der Waals surface area contributed by atoms with Crippen LogP contribution in [0.2, 0.25) is 0 Å². The molecule has 182 valence electrons. The van der Waals surface area contributed by atoms with Crippen LogP contribution in [0, 0.1) is 0 Å². The molecule has 0 radical (unpaired) electrons. The largest absolute Gasteiger partial charge is 0.507 e. The van der Waals surface area contributed by atoms with Crippen molar-refractivity contribution in [1.82, 2.24) is 0 Å². The standard InChI is InChI=1S/C26H30O8/c1-5-7-9-10-16-22(25(29)32-4)19(28)14-21-24(16)33-20-13-15(31-3)12-17(18(27)11-8-6-2)23(20)26(30)34-21/h12-14,28H,5-11H2,1-4H3. The number of aromatic hydroxyl groups is 1. The summed E-state index contributed by atoms with van der Waals surface area (Å²) in [4.78, 5) is 38.6. The van der Waals surface area contributed by atoms with Crippen molar-refractivity contribution in [2.24, 2.45) is 0 Å². The second-order valence-electron chi connectivity index (χ2n) is 8.09. The molecule has 0 saturated carbocycles. The van der Waals surface area contributed by atoms with Crippen LogP contribution in [-0.4, -0.2) is 37.0 Å². The number of carbonyl (C=O) groups is 3. The number of Topliss-reactive ketones (excluding diaryl/α,β-unsaturated/α-hetero) is 1. The first-order valence-electron chi connectivity index (χ1n) is 11.5. The van der Waals surface area contributed by atoms with Gasteiger partial charge < -0.3 is 24.1 Å². The Morgan fingerprint density at radius 2 is 1.71 bits per heavy atom. The maximum atomic E-state index is 13.2. The van der Waals surface area contributed by atoms with E-state index >= 15 is 0 Å². The zero-order chi connectivity index (χ0) is 24.8. The van der Waals surface area contributed by atoms with E-state index in [1.165, 1.54) is 26.4 Å². The smallest absolute Gasteiger partial charge is 0.348 e. The lowest BCUT2D eigenvalue weighted by atomic mass is 9.98. The maximum Gasteiger partial charge on any atom is 0.348 e. The highest BCUT2D eigenvalue weighted by atomic mass is 16.6. The molecule has 0 fully saturated rings. The second kappa shape index (κ2) is 11.0. The molecule has 0 unspecified atom stereocenters. The third-order valence-electron chi connectivity index (χ3n) is 5.73. The van der Waals surface area contributed by atoms with Crippen LogP contribution in [0.1, 0.15) is 89.0 Å². The minimum absolute atomic E-state index is 0.0169. The molecule has 0 bridgehead atoms. The number of hydrogen-bond donors (Lipinski definition) is 1. The Kier molecular flexibility index (Phi) is 8.15. The van der Waals surface area contributed by atoms with Gasteiger partial charge in [-0.05, 0) is 25.3 Å². The van der Waals surface area contributed by atoms with Crippen LogP contribution in [-0.2, 0) is 11.2 Å². The molecule has 2 aromatic rings. The molecule has 8 nitrogen and oxygen atoms in total. The number of esters is 2. The summed E-state index contributed by atoms with van der Waals surface area (Å²) >= 11 is 0. The van der Waals surface area contributed by atoms with Crippen LogP contribution in [0.4, 0.5) is 0 Å². The van der Waals surface area contributed by atoms with E-state index in [1.54, 1.807) is 0 Å². The average molecular weight is 471 g/mol. The summed E-state index contributed by atoms with van der Waals surface area (Å²) in [7, 11) is 2.67. The molecule has 0 aliphatic carbocycles. The summed E-state index contributed by atoms with van der Waals surface area (Å²) < 4.78 is 22.0. The van der Waals surface area contributed by atoms with Gasteiger partial charge in [-0.3, -0.25) is 4.79 Å². The minimum Gasteiger partial charge on any atom is -0.507 e. The highest BCUT2D eigenvalue weighted by Gasteiger charge is 2.33. The topological polar surface area (TPSA) is 108 Å². The zero-order valence-electron chi connectivity index (χ0n) is 20.0. The molecule has 8 heteroatoms. The van der Waals surface area contributed by atoms with Crippen LogP contribution in [0.3, 0.4) is 0 Å². The number of hydrogen-bond acceptors (Lipinski definition) is 8. The Morgan fingerprint density at radius 3 is 2.35 bits per heavy atom. The van der Waals surface area contributed by atoms with Crippen LogP contribution in [0.25, 0.3) is 0 Å². The Hall–Kier alpha value is -3.55. The lowest BCUT2D eigenvalue weighted by Gasteiger charge is -2.17. The number of carbonyl (C=O) groups excluding carboxylic acids is 3. The fraction of sp³-hybridized carbons (Fsp3) is 0.423. The average Bonchev–Trinajstić information content (AvgIpc) is 2.96. The fourth-order valence-corrected chi connectivity index (χ4v) is 3.94. The Bertz CT molecular complexity index is 1100. The summed E-state index contributed by atoms with van der Waals surface area (Å²) in [6.07, 6.45) is 4.65. The first-order chi connectivity index (χ1) is 16.4. The molecule has 0 amide bonds. The third-order valence-corrected chi connectivity index (χ3v) is 5.73. The van der Waals surface area contributed by atoms with Crippen LogP contribution < -0.4 is 14.2 Å². The number of unbranched alkanes of at least 4 members (excludes halogenated alkanes) is 3. The normalized spacial score (nSPS) is 12.1. The zero-order valence-corrected chi connectivity index (χ0v) is 20.0. The van der Waals surface area contributed by atoms with Crippen molar-refractivity contribution in [3.63, 3.8) is 0 Å².